The van der Waals surface area contributed by atoms with Crippen LogP contribution in [0.15, 0.2) is 24.3 Å². The number of carbonyl (C=O) groups is 3. The molecule has 138 valence electrons. The summed E-state index contributed by atoms with van der Waals surface area (Å²) >= 11 is 5.98. The van der Waals surface area contributed by atoms with Crippen molar-refractivity contribution in [2.45, 2.75) is 25.9 Å². The number of rotatable bonds is 3. The summed E-state index contributed by atoms with van der Waals surface area (Å²) in [7, 11) is 0. The Morgan fingerprint density at radius 1 is 1.28 bits per heavy atom. The van der Waals surface area contributed by atoms with Crippen molar-refractivity contribution in [1.29, 1.82) is 0 Å². The van der Waals surface area contributed by atoms with Crippen molar-refractivity contribution in [2.75, 3.05) is 25.0 Å². The van der Waals surface area contributed by atoms with Gasteiger partial charge in [-0.3, -0.25) is 10.2 Å². The molecule has 1 fully saturated rings. The Bertz CT molecular complexity index is 598. The zero-order valence-electron chi connectivity index (χ0n) is 13.8. The number of piperidine rings is 1. The van der Waals surface area contributed by atoms with Crippen molar-refractivity contribution in [3.8, 4) is 0 Å². The highest BCUT2D eigenvalue weighted by Crippen LogP contribution is 2.21. The van der Waals surface area contributed by atoms with Crippen LogP contribution in [0.1, 0.15) is 19.8 Å². The van der Waals surface area contributed by atoms with Gasteiger partial charge in [0.05, 0.1) is 10.7 Å². The van der Waals surface area contributed by atoms with Gasteiger partial charge in [-0.2, -0.15) is 0 Å². The number of para-hydroxylation sites is 1. The third kappa shape index (κ3) is 7.86. The minimum atomic E-state index is -1.82. The maximum Gasteiger partial charge on any atom is 0.414 e. The van der Waals surface area contributed by atoms with Crippen LogP contribution in [0.3, 0.4) is 0 Å². The number of aliphatic carboxylic acids is 2. The molecular weight excluding hydrogens is 352 g/mol. The van der Waals surface area contributed by atoms with E-state index in [9.17, 15) is 4.79 Å². The van der Waals surface area contributed by atoms with Crippen LogP contribution in [0.5, 0.6) is 0 Å². The molecule has 0 spiro atoms. The number of carboxylic acids is 2. The van der Waals surface area contributed by atoms with Crippen molar-refractivity contribution >= 4 is 35.3 Å². The van der Waals surface area contributed by atoms with E-state index < -0.39 is 18.0 Å². The molecule has 1 unspecified atom stereocenters. The number of benzene rings is 1. The fraction of sp³-hybridized carbons (Fsp3) is 0.438. The van der Waals surface area contributed by atoms with Crippen molar-refractivity contribution in [3.05, 3.63) is 29.3 Å². The Kier molecular flexibility index (Phi) is 8.73. The highest BCUT2D eigenvalue weighted by Gasteiger charge is 2.22. The first kappa shape index (κ1) is 20.7. The number of anilines is 1. The lowest BCUT2D eigenvalue weighted by Gasteiger charge is -2.31. The zero-order chi connectivity index (χ0) is 18.8. The second-order valence-corrected chi connectivity index (χ2v) is 5.69. The van der Waals surface area contributed by atoms with Crippen LogP contribution < -0.4 is 5.32 Å². The second kappa shape index (κ2) is 10.5. The molecule has 8 nitrogen and oxygen atoms in total. The molecule has 2 rings (SSSR count). The number of hydrogen-bond donors (Lipinski definition) is 3. The predicted octanol–water partition coefficient (Wildman–Crippen LogP) is 2.53. The molecule has 1 aromatic rings. The average molecular weight is 373 g/mol. The number of hydrogen-bond acceptors (Lipinski definition) is 5. The molecular formula is C16H21ClN2O6. The van der Waals surface area contributed by atoms with Crippen molar-refractivity contribution in [3.63, 3.8) is 0 Å². The Hall–Kier alpha value is -2.32. The van der Waals surface area contributed by atoms with Gasteiger partial charge in [0.2, 0.25) is 0 Å². The minimum Gasteiger partial charge on any atom is -0.473 e. The van der Waals surface area contributed by atoms with Crippen LogP contribution >= 0.6 is 11.6 Å². The van der Waals surface area contributed by atoms with E-state index in [1.165, 1.54) is 0 Å². The molecule has 1 saturated heterocycles. The molecule has 0 aromatic heterocycles. The van der Waals surface area contributed by atoms with E-state index in [1.807, 2.05) is 12.1 Å². The molecule has 1 aliphatic heterocycles. The summed E-state index contributed by atoms with van der Waals surface area (Å²) < 4.78 is 5.43. The maximum atomic E-state index is 11.8. The lowest BCUT2D eigenvalue weighted by Crippen LogP contribution is -2.40. The number of likely N-dealkylation sites (N-methyl/N-ethyl adjacent to an activating group) is 1. The normalized spacial score (nSPS) is 17.0. The fourth-order valence-electron chi connectivity index (χ4n) is 2.25. The minimum absolute atomic E-state index is 0.0313. The summed E-state index contributed by atoms with van der Waals surface area (Å²) in [5, 5.41) is 18.0. The molecule has 0 radical (unpaired) electrons. The number of amides is 1. The van der Waals surface area contributed by atoms with Gasteiger partial charge in [-0.15, -0.1) is 0 Å². The summed E-state index contributed by atoms with van der Waals surface area (Å²) in [6, 6.07) is 7.12. The van der Waals surface area contributed by atoms with E-state index in [4.69, 9.17) is 36.1 Å². The molecule has 3 N–H and O–H groups in total. The smallest absolute Gasteiger partial charge is 0.414 e. The van der Waals surface area contributed by atoms with E-state index in [0.717, 1.165) is 32.5 Å². The molecule has 0 bridgehead atoms. The Labute approximate surface area is 150 Å². The number of likely N-dealkylation sites (tertiary alicyclic amines) is 1. The van der Waals surface area contributed by atoms with Gasteiger partial charge in [-0.05, 0) is 38.1 Å². The standard InChI is InChI=1S/C14H19ClN2O2.C2H2O4/c1-2-17-9-5-6-11(10-17)19-14(18)16-13-8-4-3-7-12(13)15;3-1(4)2(5)6/h3-4,7-8,11H,2,5-6,9-10H2,1H3,(H,16,18);(H,3,4)(H,5,6). The number of carbonyl (C=O) groups excluding carboxylic acids is 1. The summed E-state index contributed by atoms with van der Waals surface area (Å²) in [5.41, 5.74) is 0.581. The average Bonchev–Trinajstić information content (AvgIpc) is 2.57. The van der Waals surface area contributed by atoms with Crippen LogP contribution in [0, 0.1) is 0 Å². The van der Waals surface area contributed by atoms with Gasteiger partial charge in [0.1, 0.15) is 6.10 Å². The Morgan fingerprint density at radius 2 is 1.92 bits per heavy atom. The Balaban J connectivity index is 0.000000450. The molecule has 1 aromatic carbocycles. The van der Waals surface area contributed by atoms with Crippen molar-refractivity contribution < 1.29 is 29.3 Å². The van der Waals surface area contributed by atoms with Crippen LogP contribution in [0.4, 0.5) is 10.5 Å². The van der Waals surface area contributed by atoms with E-state index in [-0.39, 0.29) is 6.10 Å². The van der Waals surface area contributed by atoms with E-state index in [2.05, 4.69) is 17.1 Å². The first-order valence-corrected chi connectivity index (χ1v) is 8.12. The van der Waals surface area contributed by atoms with Crippen molar-refractivity contribution in [1.82, 2.24) is 4.90 Å². The van der Waals surface area contributed by atoms with Gasteiger partial charge < -0.3 is 14.9 Å². The first-order chi connectivity index (χ1) is 11.8. The predicted molar refractivity (Wildman–Crippen MR) is 92.0 cm³/mol. The monoisotopic (exact) mass is 372 g/mol. The largest absolute Gasteiger partial charge is 0.473 e. The molecule has 9 heteroatoms. The van der Waals surface area contributed by atoms with Crippen LogP contribution in [0.2, 0.25) is 5.02 Å². The first-order valence-electron chi connectivity index (χ1n) is 7.74. The third-order valence-electron chi connectivity index (χ3n) is 3.48. The number of ether oxygens (including phenoxy) is 1. The molecule has 1 atom stereocenters. The summed E-state index contributed by atoms with van der Waals surface area (Å²) in [5.74, 6) is -3.65. The van der Waals surface area contributed by atoms with Gasteiger partial charge in [-0.25, -0.2) is 14.4 Å². The molecule has 1 aliphatic rings. The number of halogens is 1. The lowest BCUT2D eigenvalue weighted by molar-refractivity contribution is -0.159. The van der Waals surface area contributed by atoms with Crippen LogP contribution in [-0.4, -0.2) is 58.9 Å². The van der Waals surface area contributed by atoms with E-state index in [1.54, 1.807) is 12.1 Å². The highest BCUT2D eigenvalue weighted by molar-refractivity contribution is 6.33. The molecule has 1 amide bonds. The highest BCUT2D eigenvalue weighted by atomic mass is 35.5. The van der Waals surface area contributed by atoms with E-state index >= 15 is 0 Å². The number of nitrogens with one attached hydrogen (secondary N) is 1. The van der Waals surface area contributed by atoms with Gasteiger partial charge in [0, 0.05) is 6.54 Å². The maximum absolute atomic E-state index is 11.8. The van der Waals surface area contributed by atoms with E-state index in [0.29, 0.717) is 10.7 Å². The van der Waals surface area contributed by atoms with Crippen LogP contribution in [0.25, 0.3) is 0 Å². The fourth-order valence-corrected chi connectivity index (χ4v) is 2.43. The van der Waals surface area contributed by atoms with Crippen LogP contribution in [-0.2, 0) is 14.3 Å². The van der Waals surface area contributed by atoms with Gasteiger partial charge in [0.25, 0.3) is 0 Å². The number of carboxylic acid groups (broad SMARTS) is 2. The molecule has 1 heterocycles. The van der Waals surface area contributed by atoms with Crippen molar-refractivity contribution in [2.24, 2.45) is 0 Å². The second-order valence-electron chi connectivity index (χ2n) is 5.28. The summed E-state index contributed by atoms with van der Waals surface area (Å²) in [6.07, 6.45) is 1.52. The number of nitrogens with zero attached hydrogens (tertiary/aromatic N) is 1. The van der Waals surface area contributed by atoms with Gasteiger partial charge >= 0.3 is 18.0 Å². The molecule has 25 heavy (non-hydrogen) atoms. The summed E-state index contributed by atoms with van der Waals surface area (Å²) in [4.78, 5) is 32.3. The lowest BCUT2D eigenvalue weighted by atomic mass is 10.1. The molecule has 0 aliphatic carbocycles. The summed E-state index contributed by atoms with van der Waals surface area (Å²) in [6.45, 7) is 5.01. The van der Waals surface area contributed by atoms with Gasteiger partial charge in [0.15, 0.2) is 0 Å². The zero-order valence-corrected chi connectivity index (χ0v) is 14.5. The Morgan fingerprint density at radius 3 is 2.48 bits per heavy atom. The third-order valence-corrected chi connectivity index (χ3v) is 3.81. The molecule has 0 saturated carbocycles. The van der Waals surface area contributed by atoms with Gasteiger partial charge in [-0.1, -0.05) is 30.7 Å². The topological polar surface area (TPSA) is 116 Å². The quantitative estimate of drug-likeness (QED) is 0.698. The SMILES string of the molecule is CCN1CCCC(OC(=O)Nc2ccccc2Cl)C1.O=C(O)C(=O)O.